The molecule has 0 saturated carbocycles. The van der Waals surface area contributed by atoms with Gasteiger partial charge in [-0.3, -0.25) is 0 Å². The highest BCUT2D eigenvalue weighted by Crippen LogP contribution is 2.51. The van der Waals surface area contributed by atoms with Crippen molar-refractivity contribution in [3.63, 3.8) is 0 Å². The minimum atomic E-state index is -0.272. The Morgan fingerprint density at radius 1 is 0.440 bits per heavy atom. The average molecular weight is 539 g/mol. The van der Waals surface area contributed by atoms with Crippen molar-refractivity contribution in [1.82, 2.24) is 0 Å². The fourth-order valence-electron chi connectivity index (χ4n) is 1.88. The van der Waals surface area contributed by atoms with Gasteiger partial charge >= 0.3 is 0 Å². The first-order valence-corrected chi connectivity index (χ1v) is 9.62. The van der Waals surface area contributed by atoms with Crippen LogP contribution in [0.3, 0.4) is 0 Å². The highest BCUT2D eigenvalue weighted by Gasteiger charge is 2.29. The van der Waals surface area contributed by atoms with Gasteiger partial charge in [0.25, 0.3) is 0 Å². The number of hydrogen-bond acceptors (Lipinski definition) is 1. The number of halogens is 10. The van der Waals surface area contributed by atoms with Crippen LogP contribution in [0.5, 0.6) is 0 Å². The van der Waals surface area contributed by atoms with Gasteiger partial charge in [-0.1, -0.05) is 116 Å². The molecule has 0 aliphatic carbocycles. The van der Waals surface area contributed by atoms with Crippen LogP contribution in [0.1, 0.15) is 11.1 Å². The van der Waals surface area contributed by atoms with E-state index in [4.69, 9.17) is 116 Å². The molecule has 2 aromatic rings. The third kappa shape index (κ3) is 3.73. The maximum Gasteiger partial charge on any atom is 0.133 e. The van der Waals surface area contributed by atoms with Gasteiger partial charge in [-0.05, 0) is 0 Å². The summed E-state index contributed by atoms with van der Waals surface area (Å²) in [7, 11) is 0. The molecule has 0 N–H and O–H groups in total. The summed E-state index contributed by atoms with van der Waals surface area (Å²) in [5.41, 5.74) is -0.446. The van der Waals surface area contributed by atoms with Crippen LogP contribution in [0.2, 0.25) is 50.2 Å². The molecular formula is C14Cl10O. The summed E-state index contributed by atoms with van der Waals surface area (Å²) in [6, 6.07) is 0. The van der Waals surface area contributed by atoms with Crippen molar-refractivity contribution in [2.24, 2.45) is 0 Å². The van der Waals surface area contributed by atoms with Crippen LogP contribution in [-0.2, 0) is 4.79 Å². The van der Waals surface area contributed by atoms with Crippen molar-refractivity contribution in [2.75, 3.05) is 0 Å². The van der Waals surface area contributed by atoms with Crippen LogP contribution < -0.4 is 0 Å². The largest absolute Gasteiger partial charge is 0.233 e. The van der Waals surface area contributed by atoms with E-state index >= 15 is 0 Å². The van der Waals surface area contributed by atoms with Crippen molar-refractivity contribution in [1.29, 1.82) is 0 Å². The molecule has 0 radical (unpaired) electrons. The fourth-order valence-corrected chi connectivity index (χ4v) is 4.53. The van der Waals surface area contributed by atoms with E-state index in [9.17, 15) is 4.79 Å². The van der Waals surface area contributed by atoms with E-state index in [1.54, 1.807) is 5.94 Å². The number of hydrogen-bond donors (Lipinski definition) is 0. The first-order chi connectivity index (χ1) is 11.6. The summed E-state index contributed by atoms with van der Waals surface area (Å²) < 4.78 is 0. The number of benzene rings is 2. The smallest absolute Gasteiger partial charge is 0.133 e. The van der Waals surface area contributed by atoms with Gasteiger partial charge in [0.05, 0.1) is 55.8 Å². The molecule has 2 rings (SSSR count). The number of rotatable bonds is 2. The monoisotopic (exact) mass is 534 g/mol. The Morgan fingerprint density at radius 2 is 0.640 bits per heavy atom. The molecule has 0 saturated heterocycles. The molecule has 11 heteroatoms. The predicted octanol–water partition coefficient (Wildman–Crippen LogP) is 9.48. The molecule has 0 aliphatic heterocycles. The highest BCUT2D eigenvalue weighted by atomic mass is 35.5. The topological polar surface area (TPSA) is 17.1 Å². The lowest BCUT2D eigenvalue weighted by Gasteiger charge is -2.17. The Kier molecular flexibility index (Phi) is 7.45. The maximum absolute atomic E-state index is 11.7. The molecule has 0 fully saturated rings. The van der Waals surface area contributed by atoms with Crippen LogP contribution in [0.4, 0.5) is 0 Å². The van der Waals surface area contributed by atoms with E-state index in [2.05, 4.69) is 0 Å². The third-order valence-corrected chi connectivity index (χ3v) is 7.58. The second-order valence-electron chi connectivity index (χ2n) is 4.37. The van der Waals surface area contributed by atoms with Gasteiger partial charge in [0.2, 0.25) is 0 Å². The molecular weight excluding hydrogens is 539 g/mol. The van der Waals surface area contributed by atoms with E-state index in [0.29, 0.717) is 0 Å². The standard InChI is InChI=1S/C14Cl10O/c15-5-3(6(16)10(20)13(23)9(5)19)2(1-25)4-7(17)11(21)14(24)12(22)8(4)18. The molecule has 0 spiro atoms. The van der Waals surface area contributed by atoms with Crippen LogP contribution in [-0.4, -0.2) is 5.94 Å². The summed E-state index contributed by atoms with van der Waals surface area (Å²) in [5, 5.41) is -1.31. The summed E-state index contributed by atoms with van der Waals surface area (Å²) in [4.78, 5) is 11.7. The Morgan fingerprint density at radius 3 is 0.840 bits per heavy atom. The molecule has 0 bridgehead atoms. The second-order valence-corrected chi connectivity index (χ2v) is 8.15. The van der Waals surface area contributed by atoms with Crippen molar-refractivity contribution in [3.8, 4) is 0 Å². The van der Waals surface area contributed by atoms with Crippen molar-refractivity contribution in [3.05, 3.63) is 61.4 Å². The molecule has 132 valence electrons. The summed E-state index contributed by atoms with van der Waals surface area (Å²) >= 11 is 60.7. The molecule has 0 atom stereocenters. The fraction of sp³-hybridized carbons (Fsp3) is 0. The van der Waals surface area contributed by atoms with E-state index in [1.807, 2.05) is 0 Å². The van der Waals surface area contributed by atoms with Gasteiger partial charge in [-0.2, -0.15) is 0 Å². The van der Waals surface area contributed by atoms with Gasteiger partial charge in [0.15, 0.2) is 0 Å². The predicted molar refractivity (Wildman–Crippen MR) is 111 cm³/mol. The Balaban J connectivity index is 2.98. The highest BCUT2D eigenvalue weighted by molar-refractivity contribution is 6.58. The Bertz CT molecular complexity index is 830. The second kappa shape index (κ2) is 8.43. The lowest BCUT2D eigenvalue weighted by Crippen LogP contribution is -1.98. The van der Waals surface area contributed by atoms with Crippen molar-refractivity contribution >= 4 is 128 Å². The van der Waals surface area contributed by atoms with Crippen LogP contribution >= 0.6 is 116 Å². The SMILES string of the molecule is O=C=C(c1c(Cl)c(Cl)c(Cl)c(Cl)c1Cl)c1c(Cl)c(Cl)c(Cl)c(Cl)c1Cl. The lowest BCUT2D eigenvalue weighted by molar-refractivity contribution is 0.569. The summed E-state index contributed by atoms with van der Waals surface area (Å²) in [6.45, 7) is 0. The normalized spacial score (nSPS) is 10.8. The zero-order chi connectivity index (χ0) is 19.2. The first kappa shape index (κ1) is 22.1. The molecule has 25 heavy (non-hydrogen) atoms. The van der Waals surface area contributed by atoms with E-state index in [0.717, 1.165) is 0 Å². The van der Waals surface area contributed by atoms with Gasteiger partial charge < -0.3 is 0 Å². The molecule has 0 aromatic heterocycles. The van der Waals surface area contributed by atoms with Gasteiger partial charge in [0, 0.05) is 11.1 Å². The van der Waals surface area contributed by atoms with Crippen molar-refractivity contribution < 1.29 is 4.79 Å². The lowest BCUT2D eigenvalue weighted by atomic mass is 9.98. The Hall–Kier alpha value is 0.790. The van der Waals surface area contributed by atoms with Gasteiger partial charge in [-0.15, -0.1) is 0 Å². The maximum atomic E-state index is 11.7. The number of carbonyl (C=O) groups excluding carboxylic acids is 1. The first-order valence-electron chi connectivity index (χ1n) is 5.84. The van der Waals surface area contributed by atoms with Crippen LogP contribution in [0, 0.1) is 0 Å². The van der Waals surface area contributed by atoms with Crippen LogP contribution in [0.15, 0.2) is 0 Å². The minimum Gasteiger partial charge on any atom is -0.233 e. The zero-order valence-electron chi connectivity index (χ0n) is 11.2. The molecule has 0 amide bonds. The summed E-state index contributed by atoms with van der Waals surface area (Å²) in [5.74, 6) is 1.65. The van der Waals surface area contributed by atoms with Crippen LogP contribution in [0.25, 0.3) is 5.57 Å². The molecule has 0 unspecified atom stereocenters. The summed E-state index contributed by atoms with van der Waals surface area (Å²) in [6.07, 6.45) is 0. The third-order valence-electron chi connectivity index (χ3n) is 3.02. The van der Waals surface area contributed by atoms with E-state index in [-0.39, 0.29) is 66.9 Å². The molecule has 1 nitrogen and oxygen atoms in total. The quantitative estimate of drug-likeness (QED) is 0.211. The van der Waals surface area contributed by atoms with E-state index < -0.39 is 0 Å². The molecule has 2 aromatic carbocycles. The van der Waals surface area contributed by atoms with Gasteiger partial charge in [-0.25, -0.2) is 4.79 Å². The Labute approximate surface area is 192 Å². The molecule has 0 heterocycles. The van der Waals surface area contributed by atoms with Gasteiger partial charge in [0.1, 0.15) is 5.94 Å². The zero-order valence-corrected chi connectivity index (χ0v) is 18.7. The molecule has 0 aliphatic rings. The van der Waals surface area contributed by atoms with Crippen molar-refractivity contribution in [2.45, 2.75) is 0 Å². The average Bonchev–Trinajstić information content (AvgIpc) is 2.60. The van der Waals surface area contributed by atoms with E-state index in [1.165, 1.54) is 0 Å². The minimum absolute atomic E-state index is 0.0864.